The summed E-state index contributed by atoms with van der Waals surface area (Å²) in [6, 6.07) is 0. The molecule has 120 valence electrons. The SMILES string of the molecule is C=C(Cl)c1scc2c1c1csc(C(=C)Cl)c1c1csc(C(=C)Cl)c21. The summed E-state index contributed by atoms with van der Waals surface area (Å²) in [5, 5.41) is 14.6. The van der Waals surface area contributed by atoms with Crippen molar-refractivity contribution in [1.29, 1.82) is 0 Å². The fourth-order valence-electron chi connectivity index (χ4n) is 3.03. The van der Waals surface area contributed by atoms with Crippen LogP contribution in [0.1, 0.15) is 14.6 Å². The lowest BCUT2D eigenvalue weighted by atomic mass is 9.98. The average molecular weight is 428 g/mol. The van der Waals surface area contributed by atoms with Crippen LogP contribution in [0.3, 0.4) is 0 Å². The van der Waals surface area contributed by atoms with Crippen LogP contribution < -0.4 is 0 Å². The van der Waals surface area contributed by atoms with Crippen molar-refractivity contribution >= 4 is 116 Å². The Morgan fingerprint density at radius 2 is 0.833 bits per heavy atom. The molecule has 4 rings (SSSR count). The lowest BCUT2D eigenvalue weighted by Gasteiger charge is -2.05. The van der Waals surface area contributed by atoms with Gasteiger partial charge in [-0.05, 0) is 16.1 Å². The Hall–Kier alpha value is -0.810. The van der Waals surface area contributed by atoms with E-state index in [2.05, 4.69) is 35.9 Å². The van der Waals surface area contributed by atoms with Crippen LogP contribution >= 0.6 is 68.8 Å². The number of rotatable bonds is 3. The minimum absolute atomic E-state index is 0.537. The fourth-order valence-corrected chi connectivity index (χ4v) is 6.52. The molecule has 0 nitrogen and oxygen atoms in total. The highest BCUT2D eigenvalue weighted by Gasteiger charge is 2.22. The van der Waals surface area contributed by atoms with Gasteiger partial charge in [0.25, 0.3) is 0 Å². The van der Waals surface area contributed by atoms with Crippen LogP contribution in [0, 0.1) is 0 Å². The van der Waals surface area contributed by atoms with E-state index in [-0.39, 0.29) is 0 Å². The molecule has 0 atom stereocenters. The van der Waals surface area contributed by atoms with Crippen molar-refractivity contribution in [3.05, 3.63) is 50.5 Å². The average Bonchev–Trinajstić information content (AvgIpc) is 3.21. The second-order valence-electron chi connectivity index (χ2n) is 5.28. The number of hydrogen-bond acceptors (Lipinski definition) is 3. The highest BCUT2D eigenvalue weighted by molar-refractivity contribution is 7.17. The minimum atomic E-state index is 0.537. The molecule has 0 unspecified atom stereocenters. The van der Waals surface area contributed by atoms with Crippen molar-refractivity contribution in [2.24, 2.45) is 0 Å². The molecule has 0 aliphatic rings. The molecular formula is C18H9Cl3S3. The largest absolute Gasteiger partial charge is 0.142 e. The highest BCUT2D eigenvalue weighted by Crippen LogP contribution is 2.50. The maximum Gasteiger partial charge on any atom is 0.0536 e. The van der Waals surface area contributed by atoms with Gasteiger partial charge in [-0.25, -0.2) is 0 Å². The summed E-state index contributed by atoms with van der Waals surface area (Å²) in [6.45, 7) is 11.7. The van der Waals surface area contributed by atoms with Gasteiger partial charge in [0, 0.05) is 32.3 Å². The van der Waals surface area contributed by atoms with Crippen LogP contribution in [0.15, 0.2) is 35.9 Å². The first kappa shape index (κ1) is 16.6. The van der Waals surface area contributed by atoms with Crippen LogP contribution in [0.5, 0.6) is 0 Å². The van der Waals surface area contributed by atoms with Gasteiger partial charge in [0.05, 0.1) is 29.7 Å². The molecule has 0 N–H and O–H groups in total. The number of fused-ring (bicyclic) bond motifs is 6. The summed E-state index contributed by atoms with van der Waals surface area (Å²) < 4.78 is 0. The molecule has 0 fully saturated rings. The quantitative estimate of drug-likeness (QED) is 0.306. The Balaban J connectivity index is 2.38. The zero-order valence-corrected chi connectivity index (χ0v) is 16.9. The monoisotopic (exact) mass is 426 g/mol. The molecule has 0 aliphatic heterocycles. The summed E-state index contributed by atoms with van der Waals surface area (Å²) in [5.41, 5.74) is 0. The van der Waals surface area contributed by atoms with Crippen molar-refractivity contribution in [2.75, 3.05) is 0 Å². The lowest BCUT2D eigenvalue weighted by Crippen LogP contribution is -1.80. The maximum atomic E-state index is 6.26. The smallest absolute Gasteiger partial charge is 0.0536 e. The first-order chi connectivity index (χ1) is 11.4. The zero-order valence-electron chi connectivity index (χ0n) is 12.2. The van der Waals surface area contributed by atoms with E-state index in [1.807, 2.05) is 0 Å². The Kier molecular flexibility index (Phi) is 4.07. The molecule has 6 heteroatoms. The molecule has 0 amide bonds. The molecule has 0 spiro atoms. The predicted molar refractivity (Wildman–Crippen MR) is 117 cm³/mol. The van der Waals surface area contributed by atoms with E-state index in [1.165, 1.54) is 0 Å². The molecule has 24 heavy (non-hydrogen) atoms. The van der Waals surface area contributed by atoms with E-state index in [0.717, 1.165) is 46.9 Å². The first-order valence-corrected chi connectivity index (χ1v) is 10.6. The van der Waals surface area contributed by atoms with E-state index in [0.29, 0.717) is 15.1 Å². The number of benzene rings is 1. The van der Waals surface area contributed by atoms with E-state index in [9.17, 15) is 0 Å². The van der Waals surface area contributed by atoms with Gasteiger partial charge in [-0.1, -0.05) is 54.5 Å². The third-order valence-electron chi connectivity index (χ3n) is 3.92. The zero-order chi connectivity index (χ0) is 17.2. The molecule has 1 aromatic carbocycles. The Morgan fingerprint density at radius 3 is 1.04 bits per heavy atom. The molecule has 0 bridgehead atoms. The molecular weight excluding hydrogens is 419 g/mol. The fraction of sp³-hybridized carbons (Fsp3) is 0. The van der Waals surface area contributed by atoms with Crippen molar-refractivity contribution in [3.8, 4) is 0 Å². The topological polar surface area (TPSA) is 0 Å². The Labute approximate surface area is 165 Å². The molecule has 0 saturated carbocycles. The second-order valence-corrected chi connectivity index (χ2v) is 9.28. The third-order valence-corrected chi connectivity index (χ3v) is 7.94. The summed E-state index contributed by atoms with van der Waals surface area (Å²) in [7, 11) is 0. The number of thiophene rings is 3. The summed E-state index contributed by atoms with van der Waals surface area (Å²) in [5.74, 6) is 0. The summed E-state index contributed by atoms with van der Waals surface area (Å²) in [4.78, 5) is 2.92. The van der Waals surface area contributed by atoms with E-state index < -0.39 is 0 Å². The van der Waals surface area contributed by atoms with Crippen molar-refractivity contribution in [1.82, 2.24) is 0 Å². The molecule has 0 aliphatic carbocycles. The Morgan fingerprint density at radius 1 is 0.583 bits per heavy atom. The molecule has 4 aromatic rings. The lowest BCUT2D eigenvalue weighted by molar-refractivity contribution is 2.05. The van der Waals surface area contributed by atoms with Gasteiger partial charge >= 0.3 is 0 Å². The van der Waals surface area contributed by atoms with Crippen molar-refractivity contribution < 1.29 is 0 Å². The predicted octanol–water partition coefficient (Wildman–Crippen LogP) is 8.96. The van der Waals surface area contributed by atoms with Crippen LogP contribution in [0.4, 0.5) is 0 Å². The van der Waals surface area contributed by atoms with Gasteiger partial charge in [-0.15, -0.1) is 34.0 Å². The van der Waals surface area contributed by atoms with Crippen molar-refractivity contribution in [2.45, 2.75) is 0 Å². The van der Waals surface area contributed by atoms with Crippen LogP contribution in [-0.4, -0.2) is 0 Å². The van der Waals surface area contributed by atoms with E-state index in [1.54, 1.807) is 34.0 Å². The van der Waals surface area contributed by atoms with E-state index >= 15 is 0 Å². The summed E-state index contributed by atoms with van der Waals surface area (Å²) >= 11 is 23.5. The van der Waals surface area contributed by atoms with Gasteiger partial charge in [0.1, 0.15) is 0 Å². The number of halogens is 3. The second kappa shape index (κ2) is 5.87. The first-order valence-electron chi connectivity index (χ1n) is 6.81. The highest BCUT2D eigenvalue weighted by atomic mass is 35.5. The van der Waals surface area contributed by atoms with Crippen LogP contribution in [0.25, 0.3) is 47.4 Å². The van der Waals surface area contributed by atoms with Gasteiger partial charge in [-0.2, -0.15) is 0 Å². The standard InChI is InChI=1S/C18H9Cl3S3/c1-7(19)16-13-10(4-22-16)14-12(6-24-17(14)8(2)20)15-11(13)5-23-18(15)9(3)21/h4-6H,1-3H2. The van der Waals surface area contributed by atoms with Gasteiger partial charge in [0.2, 0.25) is 0 Å². The van der Waals surface area contributed by atoms with Gasteiger partial charge in [0.15, 0.2) is 0 Å². The number of hydrogen-bond donors (Lipinski definition) is 0. The minimum Gasteiger partial charge on any atom is -0.142 e. The van der Waals surface area contributed by atoms with E-state index in [4.69, 9.17) is 34.8 Å². The van der Waals surface area contributed by atoms with Gasteiger partial charge < -0.3 is 0 Å². The maximum absolute atomic E-state index is 6.26. The van der Waals surface area contributed by atoms with Crippen LogP contribution in [0.2, 0.25) is 0 Å². The van der Waals surface area contributed by atoms with Crippen LogP contribution in [-0.2, 0) is 0 Å². The van der Waals surface area contributed by atoms with Gasteiger partial charge in [-0.3, -0.25) is 0 Å². The molecule has 0 saturated heterocycles. The third kappa shape index (κ3) is 2.23. The Bertz CT molecular complexity index is 1010. The molecule has 0 radical (unpaired) electrons. The molecule has 3 aromatic heterocycles. The molecule has 3 heterocycles. The van der Waals surface area contributed by atoms with Crippen molar-refractivity contribution in [3.63, 3.8) is 0 Å². The normalized spacial score (nSPS) is 11.6. The summed E-state index contributed by atoms with van der Waals surface area (Å²) in [6.07, 6.45) is 0.